The van der Waals surface area contributed by atoms with Crippen LogP contribution in [0, 0.1) is 0 Å². The van der Waals surface area contributed by atoms with Gasteiger partial charge in [0.05, 0.1) is 25.9 Å². The second-order valence-corrected chi connectivity index (χ2v) is 15.3. The maximum Gasteiger partial charge on any atom is 1.00 e. The average Bonchev–Trinajstić information content (AvgIpc) is 3.73. The summed E-state index contributed by atoms with van der Waals surface area (Å²) in [5.41, 5.74) is 12.7. The van der Waals surface area contributed by atoms with Gasteiger partial charge in [-0.2, -0.15) is 0 Å². The van der Waals surface area contributed by atoms with E-state index in [1.807, 2.05) is 0 Å². The maximum absolute atomic E-state index is 13.4. The molecule has 3 fully saturated rings. The molecule has 7 heterocycles. The standard InChI is InChI=1S/C20H24N10O10P2S2.2Na/c21-15-9-17(25-3-23-15)29(5-27-9)19-11(31)13-7(37-19)1-35-41(33,43)40-14-8(2-36-42(34,44)39-13)38-20(12(14)32)30-6-28-10-16(22)24-4-26-18(10)30;;/h3-8,11-14,19-20,31-32H,1-2H2,(H,33,43)(H,34,44)(H2,21,23,25)(H2,22,24,26);;/q;2*+1/p-2/t7-,8-,11+,12+,13+,14+,19-,20-,41?,42?;;/m0../s1. The van der Waals surface area contributed by atoms with Gasteiger partial charge in [-0.25, -0.2) is 29.9 Å². The number of nitrogens with two attached hydrogens (primary N) is 2. The SMILES string of the molecule is Nc1ncnc2c1ncn2[C@H]1O[C@H]2COP(=O)([S-])O[C@H]3[C@@H](O)[C@@H](n4cnc5c(N)ncnc54)O[C@H]3COP(=O)([S-])O[C@H]2[C@H]1O.[Na+].[Na+]. The fraction of sp³-hybridized carbons (Fsp3) is 0.500. The van der Waals surface area contributed by atoms with Gasteiger partial charge in [-0.15, -0.1) is 0 Å². The van der Waals surface area contributed by atoms with E-state index in [2.05, 4.69) is 29.9 Å². The summed E-state index contributed by atoms with van der Waals surface area (Å²) in [6, 6.07) is 0. The second-order valence-electron chi connectivity index (χ2n) is 9.90. The molecule has 0 saturated carbocycles. The van der Waals surface area contributed by atoms with E-state index in [0.717, 1.165) is 0 Å². The van der Waals surface area contributed by atoms with Crippen molar-refractivity contribution in [3.8, 4) is 0 Å². The van der Waals surface area contributed by atoms with Crippen LogP contribution in [0.4, 0.5) is 11.6 Å². The number of rotatable bonds is 2. The third-order valence-corrected chi connectivity index (χ3v) is 10.3. The van der Waals surface area contributed by atoms with Crippen molar-refractivity contribution < 1.29 is 106 Å². The molecule has 0 aromatic carbocycles. The Labute approximate surface area is 313 Å². The molecule has 6 N–H and O–H groups in total. The fourth-order valence-corrected chi connectivity index (χ4v) is 8.09. The summed E-state index contributed by atoms with van der Waals surface area (Å²) in [5.74, 6) is 0.187. The summed E-state index contributed by atoms with van der Waals surface area (Å²) in [7, 11) is 0. The molecule has 2 unspecified atom stereocenters. The summed E-state index contributed by atoms with van der Waals surface area (Å²) in [4.78, 5) is 24.3. The minimum atomic E-state index is -4.38. The van der Waals surface area contributed by atoms with Crippen molar-refractivity contribution in [1.82, 2.24) is 39.0 Å². The number of nitrogens with zero attached hydrogens (tertiary/aromatic N) is 8. The molecule has 0 aliphatic carbocycles. The smallest absolute Gasteiger partial charge is 0.660 e. The topological polar surface area (TPSA) is 269 Å². The Kier molecular flexibility index (Phi) is 11.2. The largest absolute Gasteiger partial charge is 1.00 e. The predicted octanol–water partition coefficient (Wildman–Crippen LogP) is -6.52. The van der Waals surface area contributed by atoms with Crippen LogP contribution in [0.15, 0.2) is 25.3 Å². The first kappa shape index (κ1) is 36.8. The van der Waals surface area contributed by atoms with Crippen molar-refractivity contribution in [2.75, 3.05) is 24.7 Å². The third kappa shape index (κ3) is 6.81. The van der Waals surface area contributed by atoms with Crippen LogP contribution in [0.3, 0.4) is 0 Å². The molecule has 7 rings (SSSR count). The number of ether oxygens (including phenoxy) is 2. The molecule has 26 heteroatoms. The third-order valence-electron chi connectivity index (χ3n) is 7.24. The summed E-state index contributed by atoms with van der Waals surface area (Å²) in [6.45, 7) is -9.91. The molecule has 46 heavy (non-hydrogen) atoms. The molecular formula is C20H22N10Na2O10P2S2. The number of hydrogen-bond donors (Lipinski definition) is 4. The number of aromatic nitrogens is 8. The summed E-state index contributed by atoms with van der Waals surface area (Å²) in [5, 5.41) is 22.4. The van der Waals surface area contributed by atoms with Gasteiger partial charge in [0.15, 0.2) is 49.0 Å². The molecular weight excluding hydrogens is 712 g/mol. The minimum Gasteiger partial charge on any atom is -0.660 e. The maximum atomic E-state index is 13.4. The fourth-order valence-electron chi connectivity index (χ4n) is 5.23. The molecule has 0 bridgehead atoms. The van der Waals surface area contributed by atoms with Crippen LogP contribution in [0.2, 0.25) is 0 Å². The Bertz CT molecular complexity index is 1710. The minimum absolute atomic E-state index is 0. The Morgan fingerprint density at radius 3 is 1.50 bits per heavy atom. The number of imidazole rings is 2. The van der Waals surface area contributed by atoms with Crippen LogP contribution in [0.5, 0.6) is 0 Å². The van der Waals surface area contributed by atoms with Gasteiger partial charge in [-0.05, 0) is 0 Å². The monoisotopic (exact) mass is 734 g/mol. The van der Waals surface area contributed by atoms with Crippen LogP contribution in [0.1, 0.15) is 12.5 Å². The zero-order valence-corrected chi connectivity index (χ0v) is 31.4. The molecule has 0 spiro atoms. The first-order chi connectivity index (χ1) is 20.9. The van der Waals surface area contributed by atoms with Gasteiger partial charge in [0.2, 0.25) is 0 Å². The number of nitrogen functional groups attached to an aromatic ring is 2. The number of hydrogen-bond acceptors (Lipinski definition) is 20. The van der Waals surface area contributed by atoms with Gasteiger partial charge in [-0.1, -0.05) is 0 Å². The van der Waals surface area contributed by atoms with Crippen molar-refractivity contribution in [1.29, 1.82) is 0 Å². The van der Waals surface area contributed by atoms with Crippen molar-refractivity contribution in [2.45, 2.75) is 49.1 Å². The van der Waals surface area contributed by atoms with Crippen molar-refractivity contribution in [3.05, 3.63) is 25.3 Å². The zero-order valence-electron chi connectivity index (χ0n) is 23.9. The van der Waals surface area contributed by atoms with Gasteiger partial charge < -0.3 is 73.7 Å². The van der Waals surface area contributed by atoms with Crippen LogP contribution in [-0.2, 0) is 61.2 Å². The molecule has 3 saturated heterocycles. The van der Waals surface area contributed by atoms with Gasteiger partial charge in [0.1, 0.15) is 60.3 Å². The zero-order chi connectivity index (χ0) is 31.0. The normalized spacial score (nSPS) is 36.6. The molecule has 3 aliphatic heterocycles. The second kappa shape index (κ2) is 14.0. The summed E-state index contributed by atoms with van der Waals surface area (Å²) >= 11 is 10.2. The van der Waals surface area contributed by atoms with Gasteiger partial charge >= 0.3 is 59.1 Å². The van der Waals surface area contributed by atoms with Crippen LogP contribution < -0.4 is 70.6 Å². The van der Waals surface area contributed by atoms with Crippen LogP contribution in [0.25, 0.3) is 22.3 Å². The first-order valence-corrected chi connectivity index (χ1v) is 17.8. The number of aliphatic hydroxyl groups is 2. The van der Waals surface area contributed by atoms with E-state index >= 15 is 0 Å². The number of fused-ring (bicyclic) bond motifs is 4. The Balaban J connectivity index is 0.00000208. The van der Waals surface area contributed by atoms with E-state index in [0.29, 0.717) is 0 Å². The van der Waals surface area contributed by atoms with Crippen molar-refractivity contribution in [2.24, 2.45) is 0 Å². The van der Waals surface area contributed by atoms with E-state index in [1.54, 1.807) is 0 Å². The van der Waals surface area contributed by atoms with E-state index in [9.17, 15) is 19.3 Å². The Hall–Kier alpha value is -0.460. The quantitative estimate of drug-likeness (QED) is 0.0847. The molecule has 0 radical (unpaired) electrons. The van der Waals surface area contributed by atoms with E-state index < -0.39 is 75.9 Å². The Morgan fingerprint density at radius 1 is 0.717 bits per heavy atom. The molecule has 4 aromatic rings. The number of anilines is 2. The summed E-state index contributed by atoms with van der Waals surface area (Å²) < 4.78 is 63.4. The van der Waals surface area contributed by atoms with E-state index in [1.165, 1.54) is 34.4 Å². The first-order valence-electron chi connectivity index (χ1n) is 12.7. The molecule has 10 atom stereocenters. The van der Waals surface area contributed by atoms with E-state index in [4.69, 9.17) is 63.5 Å². The van der Waals surface area contributed by atoms with Crippen LogP contribution >= 0.6 is 13.6 Å². The molecule has 236 valence electrons. The molecule has 4 aromatic heterocycles. The average molecular weight is 735 g/mol. The molecule has 3 aliphatic rings. The summed E-state index contributed by atoms with van der Waals surface area (Å²) in [6.07, 6.45) is -5.78. The molecule has 0 amide bonds. The van der Waals surface area contributed by atoms with E-state index in [-0.39, 0.29) is 93.1 Å². The van der Waals surface area contributed by atoms with Gasteiger partial charge in [-0.3, -0.25) is 18.3 Å². The van der Waals surface area contributed by atoms with Gasteiger partial charge in [0.25, 0.3) is 0 Å². The van der Waals surface area contributed by atoms with Crippen molar-refractivity contribution >= 4 is 72.1 Å². The van der Waals surface area contributed by atoms with Crippen LogP contribution in [-0.4, -0.2) is 99.1 Å². The number of aliphatic hydroxyl groups excluding tert-OH is 2. The van der Waals surface area contributed by atoms with Gasteiger partial charge in [0, 0.05) is 0 Å². The van der Waals surface area contributed by atoms with Crippen molar-refractivity contribution in [3.63, 3.8) is 0 Å². The Morgan fingerprint density at radius 2 is 1.11 bits per heavy atom. The molecule has 20 nitrogen and oxygen atoms in total. The predicted molar refractivity (Wildman–Crippen MR) is 151 cm³/mol.